The summed E-state index contributed by atoms with van der Waals surface area (Å²) < 4.78 is 0. The molecule has 0 saturated heterocycles. The van der Waals surface area contributed by atoms with Crippen molar-refractivity contribution >= 4 is 0 Å². The standard InChI is InChI=1S/C13H15N3/c1-16(10-12-2-6-14-7-3-12)11-13-4-8-15-9-5-13/h2-9H,10-11H2,1H3. The maximum Gasteiger partial charge on any atom is 0.0271 e. The Hall–Kier alpha value is -1.74. The molecule has 2 rings (SSSR count). The van der Waals surface area contributed by atoms with Gasteiger partial charge in [-0.3, -0.25) is 14.9 Å². The van der Waals surface area contributed by atoms with E-state index >= 15 is 0 Å². The van der Waals surface area contributed by atoms with Crippen molar-refractivity contribution < 1.29 is 0 Å². The highest BCUT2D eigenvalue weighted by Gasteiger charge is 2.00. The van der Waals surface area contributed by atoms with Crippen molar-refractivity contribution in [1.29, 1.82) is 0 Å². The minimum Gasteiger partial charge on any atom is -0.298 e. The van der Waals surface area contributed by atoms with Crippen LogP contribution in [0.5, 0.6) is 0 Å². The minimum atomic E-state index is 0.935. The average molecular weight is 213 g/mol. The van der Waals surface area contributed by atoms with Gasteiger partial charge in [0, 0.05) is 37.9 Å². The number of hydrogen-bond acceptors (Lipinski definition) is 3. The van der Waals surface area contributed by atoms with Crippen LogP contribution in [0.4, 0.5) is 0 Å². The molecule has 0 bridgehead atoms. The summed E-state index contributed by atoms with van der Waals surface area (Å²) in [5, 5.41) is 0. The normalized spacial score (nSPS) is 10.6. The Labute approximate surface area is 95.8 Å². The van der Waals surface area contributed by atoms with Gasteiger partial charge in [-0.2, -0.15) is 0 Å². The van der Waals surface area contributed by atoms with Gasteiger partial charge in [0.2, 0.25) is 0 Å². The predicted molar refractivity (Wildman–Crippen MR) is 63.6 cm³/mol. The number of aromatic nitrogens is 2. The Kier molecular flexibility index (Phi) is 3.62. The summed E-state index contributed by atoms with van der Waals surface area (Å²) in [5.74, 6) is 0. The molecule has 0 N–H and O–H groups in total. The van der Waals surface area contributed by atoms with E-state index in [0.717, 1.165) is 13.1 Å². The molecule has 2 heterocycles. The highest BCUT2D eigenvalue weighted by atomic mass is 15.1. The highest BCUT2D eigenvalue weighted by molar-refractivity contribution is 5.12. The summed E-state index contributed by atoms with van der Waals surface area (Å²) >= 11 is 0. The molecule has 0 amide bonds. The fourth-order valence-corrected chi connectivity index (χ4v) is 1.66. The van der Waals surface area contributed by atoms with Gasteiger partial charge in [-0.25, -0.2) is 0 Å². The molecule has 82 valence electrons. The van der Waals surface area contributed by atoms with E-state index in [1.165, 1.54) is 11.1 Å². The van der Waals surface area contributed by atoms with Crippen LogP contribution in [0.25, 0.3) is 0 Å². The second-order valence-corrected chi connectivity index (χ2v) is 3.88. The zero-order valence-electron chi connectivity index (χ0n) is 9.37. The van der Waals surface area contributed by atoms with Gasteiger partial charge in [0.1, 0.15) is 0 Å². The van der Waals surface area contributed by atoms with Crippen LogP contribution in [-0.2, 0) is 13.1 Å². The molecular formula is C13H15N3. The summed E-state index contributed by atoms with van der Waals surface area (Å²) in [7, 11) is 2.11. The molecule has 0 fully saturated rings. The van der Waals surface area contributed by atoms with Crippen LogP contribution in [0.3, 0.4) is 0 Å². The molecule has 0 aliphatic carbocycles. The van der Waals surface area contributed by atoms with Crippen molar-refractivity contribution in [1.82, 2.24) is 14.9 Å². The largest absolute Gasteiger partial charge is 0.298 e. The lowest BCUT2D eigenvalue weighted by atomic mass is 10.2. The molecule has 2 aromatic heterocycles. The van der Waals surface area contributed by atoms with Gasteiger partial charge in [0.15, 0.2) is 0 Å². The zero-order valence-corrected chi connectivity index (χ0v) is 9.37. The summed E-state index contributed by atoms with van der Waals surface area (Å²) in [5.41, 5.74) is 2.57. The van der Waals surface area contributed by atoms with E-state index in [1.54, 1.807) is 0 Å². The molecule has 0 aliphatic heterocycles. The lowest BCUT2D eigenvalue weighted by molar-refractivity contribution is 0.319. The van der Waals surface area contributed by atoms with E-state index in [-0.39, 0.29) is 0 Å². The van der Waals surface area contributed by atoms with Crippen LogP contribution < -0.4 is 0 Å². The third kappa shape index (κ3) is 3.14. The topological polar surface area (TPSA) is 29.0 Å². The van der Waals surface area contributed by atoms with Gasteiger partial charge in [-0.1, -0.05) is 0 Å². The van der Waals surface area contributed by atoms with Crippen molar-refractivity contribution in [2.45, 2.75) is 13.1 Å². The Balaban J connectivity index is 1.92. The van der Waals surface area contributed by atoms with Gasteiger partial charge < -0.3 is 0 Å². The minimum absolute atomic E-state index is 0.935. The van der Waals surface area contributed by atoms with E-state index in [9.17, 15) is 0 Å². The summed E-state index contributed by atoms with van der Waals surface area (Å²) in [4.78, 5) is 10.3. The quantitative estimate of drug-likeness (QED) is 0.779. The molecule has 0 unspecified atom stereocenters. The van der Waals surface area contributed by atoms with Crippen molar-refractivity contribution in [3.63, 3.8) is 0 Å². The first kappa shape index (κ1) is 10.8. The van der Waals surface area contributed by atoms with Gasteiger partial charge in [-0.15, -0.1) is 0 Å². The summed E-state index contributed by atoms with van der Waals surface area (Å²) in [6.45, 7) is 1.87. The van der Waals surface area contributed by atoms with Crippen LogP contribution in [0.15, 0.2) is 49.1 Å². The fraction of sp³-hybridized carbons (Fsp3) is 0.231. The van der Waals surface area contributed by atoms with E-state index in [1.807, 2.05) is 49.1 Å². The number of rotatable bonds is 4. The first-order valence-electron chi connectivity index (χ1n) is 5.31. The van der Waals surface area contributed by atoms with Gasteiger partial charge in [-0.05, 0) is 42.4 Å². The first-order chi connectivity index (χ1) is 7.84. The summed E-state index contributed by atoms with van der Waals surface area (Å²) in [6.07, 6.45) is 7.32. The van der Waals surface area contributed by atoms with E-state index in [2.05, 4.69) is 21.9 Å². The first-order valence-corrected chi connectivity index (χ1v) is 5.31. The molecule has 16 heavy (non-hydrogen) atoms. The molecule has 3 heteroatoms. The molecule has 2 aromatic rings. The van der Waals surface area contributed by atoms with Crippen molar-refractivity contribution in [3.8, 4) is 0 Å². The predicted octanol–water partition coefficient (Wildman–Crippen LogP) is 2.11. The summed E-state index contributed by atoms with van der Waals surface area (Å²) in [6, 6.07) is 8.18. The van der Waals surface area contributed by atoms with Crippen LogP contribution in [-0.4, -0.2) is 21.9 Å². The Bertz CT molecular complexity index is 372. The number of hydrogen-bond donors (Lipinski definition) is 0. The average Bonchev–Trinajstić information content (AvgIpc) is 2.31. The van der Waals surface area contributed by atoms with Crippen LogP contribution in [0.1, 0.15) is 11.1 Å². The maximum absolute atomic E-state index is 4.01. The van der Waals surface area contributed by atoms with Crippen LogP contribution in [0, 0.1) is 0 Å². The second kappa shape index (κ2) is 5.37. The number of nitrogens with zero attached hydrogens (tertiary/aromatic N) is 3. The second-order valence-electron chi connectivity index (χ2n) is 3.88. The molecule has 0 spiro atoms. The Morgan fingerprint density at radius 3 is 1.56 bits per heavy atom. The third-order valence-electron chi connectivity index (χ3n) is 2.40. The van der Waals surface area contributed by atoms with Gasteiger partial charge in [0.25, 0.3) is 0 Å². The molecule has 0 radical (unpaired) electrons. The molecule has 0 atom stereocenters. The maximum atomic E-state index is 4.01. The molecular weight excluding hydrogens is 198 g/mol. The van der Waals surface area contributed by atoms with Crippen molar-refractivity contribution in [2.75, 3.05) is 7.05 Å². The zero-order chi connectivity index (χ0) is 11.2. The van der Waals surface area contributed by atoms with Gasteiger partial charge >= 0.3 is 0 Å². The monoisotopic (exact) mass is 213 g/mol. The van der Waals surface area contributed by atoms with Crippen molar-refractivity contribution in [2.24, 2.45) is 0 Å². The lowest BCUT2D eigenvalue weighted by Gasteiger charge is -2.16. The lowest BCUT2D eigenvalue weighted by Crippen LogP contribution is -2.17. The Morgan fingerprint density at radius 1 is 0.812 bits per heavy atom. The van der Waals surface area contributed by atoms with Crippen molar-refractivity contribution in [3.05, 3.63) is 60.2 Å². The molecule has 0 saturated carbocycles. The fourth-order valence-electron chi connectivity index (χ4n) is 1.66. The molecule has 0 aliphatic rings. The molecule has 0 aromatic carbocycles. The SMILES string of the molecule is CN(Cc1ccncc1)Cc1ccncc1. The Morgan fingerprint density at radius 2 is 1.19 bits per heavy atom. The highest BCUT2D eigenvalue weighted by Crippen LogP contribution is 2.06. The van der Waals surface area contributed by atoms with E-state index in [4.69, 9.17) is 0 Å². The van der Waals surface area contributed by atoms with E-state index < -0.39 is 0 Å². The smallest absolute Gasteiger partial charge is 0.0271 e. The van der Waals surface area contributed by atoms with Crippen LogP contribution in [0.2, 0.25) is 0 Å². The van der Waals surface area contributed by atoms with Gasteiger partial charge in [0.05, 0.1) is 0 Å². The number of pyridine rings is 2. The van der Waals surface area contributed by atoms with E-state index in [0.29, 0.717) is 0 Å². The molecule has 3 nitrogen and oxygen atoms in total. The van der Waals surface area contributed by atoms with Crippen LogP contribution >= 0.6 is 0 Å². The third-order valence-corrected chi connectivity index (χ3v) is 2.40.